The molecule has 82 valence electrons. The highest BCUT2D eigenvalue weighted by Gasteiger charge is 2.23. The fourth-order valence-corrected chi connectivity index (χ4v) is 1.25. The number of amides is 1. The lowest BCUT2D eigenvalue weighted by Gasteiger charge is -2.25. The minimum Gasteiger partial charge on any atom is -0.381 e. The first-order chi connectivity index (χ1) is 6.84. The second kappa shape index (κ2) is 6.79. The van der Waals surface area contributed by atoms with Crippen LogP contribution < -0.4 is 10.6 Å². The maximum atomic E-state index is 11.3. The molecule has 1 aliphatic heterocycles. The molecule has 0 bridgehead atoms. The maximum absolute atomic E-state index is 11.3. The van der Waals surface area contributed by atoms with Crippen LogP contribution in [0.3, 0.4) is 0 Å². The van der Waals surface area contributed by atoms with Gasteiger partial charge in [0.05, 0.1) is 5.92 Å². The monoisotopic (exact) mass is 200 g/mol. The Hall–Kier alpha value is -0.610. The molecule has 0 aromatic rings. The highest BCUT2D eigenvalue weighted by molar-refractivity contribution is 5.79. The Morgan fingerprint density at radius 1 is 1.50 bits per heavy atom. The lowest BCUT2D eigenvalue weighted by atomic mass is 10.0. The third-order valence-corrected chi connectivity index (χ3v) is 2.27. The van der Waals surface area contributed by atoms with Crippen molar-refractivity contribution in [3.63, 3.8) is 0 Å². The summed E-state index contributed by atoms with van der Waals surface area (Å²) in [5.74, 6) is 0.380. The van der Waals surface area contributed by atoms with Crippen molar-refractivity contribution in [1.82, 2.24) is 10.6 Å². The molecular formula is C10H20N2O2. The molecule has 1 fully saturated rings. The molecule has 1 rings (SSSR count). The van der Waals surface area contributed by atoms with Crippen LogP contribution in [-0.2, 0) is 9.53 Å². The number of hydrogen-bond donors (Lipinski definition) is 2. The minimum absolute atomic E-state index is 0.180. The summed E-state index contributed by atoms with van der Waals surface area (Å²) in [5.41, 5.74) is 0. The second-order valence-electron chi connectivity index (χ2n) is 3.61. The van der Waals surface area contributed by atoms with E-state index in [1.807, 2.05) is 0 Å². The number of ether oxygens (including phenoxy) is 1. The molecule has 0 aromatic carbocycles. The largest absolute Gasteiger partial charge is 0.381 e. The van der Waals surface area contributed by atoms with Crippen molar-refractivity contribution in [3.8, 4) is 0 Å². The highest BCUT2D eigenvalue weighted by atomic mass is 16.5. The number of rotatable bonds is 7. The summed E-state index contributed by atoms with van der Waals surface area (Å²) in [4.78, 5) is 11.3. The van der Waals surface area contributed by atoms with Crippen molar-refractivity contribution < 1.29 is 9.53 Å². The van der Waals surface area contributed by atoms with Gasteiger partial charge in [-0.1, -0.05) is 6.92 Å². The second-order valence-corrected chi connectivity index (χ2v) is 3.61. The lowest BCUT2D eigenvalue weighted by Crippen LogP contribution is -2.50. The normalized spacial score (nSPS) is 16.4. The van der Waals surface area contributed by atoms with Gasteiger partial charge in [-0.25, -0.2) is 0 Å². The summed E-state index contributed by atoms with van der Waals surface area (Å²) in [7, 11) is 0. The van der Waals surface area contributed by atoms with Gasteiger partial charge < -0.3 is 15.4 Å². The molecule has 1 heterocycles. The Morgan fingerprint density at radius 2 is 2.29 bits per heavy atom. The fourth-order valence-electron chi connectivity index (χ4n) is 1.25. The van der Waals surface area contributed by atoms with Crippen LogP contribution in [0, 0.1) is 5.92 Å². The zero-order valence-corrected chi connectivity index (χ0v) is 8.84. The Morgan fingerprint density at radius 3 is 2.86 bits per heavy atom. The molecule has 0 unspecified atom stereocenters. The van der Waals surface area contributed by atoms with Crippen molar-refractivity contribution in [2.75, 3.05) is 32.8 Å². The van der Waals surface area contributed by atoms with Gasteiger partial charge in [-0.3, -0.25) is 4.79 Å². The molecule has 1 saturated heterocycles. The minimum atomic E-state index is 0.180. The van der Waals surface area contributed by atoms with Gasteiger partial charge in [0, 0.05) is 32.8 Å². The van der Waals surface area contributed by atoms with E-state index in [9.17, 15) is 4.79 Å². The van der Waals surface area contributed by atoms with Crippen LogP contribution in [-0.4, -0.2) is 38.8 Å². The molecule has 4 heteroatoms. The molecule has 1 amide bonds. The Kier molecular flexibility index (Phi) is 5.56. The summed E-state index contributed by atoms with van der Waals surface area (Å²) >= 11 is 0. The van der Waals surface area contributed by atoms with Gasteiger partial charge in [0.1, 0.15) is 0 Å². The molecule has 0 saturated carbocycles. The highest BCUT2D eigenvalue weighted by Crippen LogP contribution is 2.01. The van der Waals surface area contributed by atoms with E-state index in [1.165, 1.54) is 0 Å². The molecule has 0 atom stereocenters. The average molecular weight is 200 g/mol. The van der Waals surface area contributed by atoms with Gasteiger partial charge in [0.25, 0.3) is 0 Å². The molecular weight excluding hydrogens is 180 g/mol. The Balaban J connectivity index is 1.85. The van der Waals surface area contributed by atoms with Gasteiger partial charge in [0.2, 0.25) is 5.91 Å². The molecule has 0 radical (unpaired) electrons. The molecule has 0 aromatic heterocycles. The summed E-state index contributed by atoms with van der Waals surface area (Å²) in [6.45, 7) is 6.05. The first-order valence-electron chi connectivity index (χ1n) is 5.40. The van der Waals surface area contributed by atoms with E-state index in [2.05, 4.69) is 17.6 Å². The third-order valence-electron chi connectivity index (χ3n) is 2.27. The van der Waals surface area contributed by atoms with Crippen LogP contribution in [0.15, 0.2) is 0 Å². The van der Waals surface area contributed by atoms with Crippen LogP contribution in [0.2, 0.25) is 0 Å². The van der Waals surface area contributed by atoms with Gasteiger partial charge in [0.15, 0.2) is 0 Å². The summed E-state index contributed by atoms with van der Waals surface area (Å²) in [6.07, 6.45) is 1.96. The number of carbonyl (C=O) groups is 1. The van der Waals surface area contributed by atoms with Crippen molar-refractivity contribution in [2.24, 2.45) is 5.92 Å². The zero-order chi connectivity index (χ0) is 10.2. The van der Waals surface area contributed by atoms with E-state index >= 15 is 0 Å². The first-order valence-corrected chi connectivity index (χ1v) is 5.40. The van der Waals surface area contributed by atoms with Crippen LogP contribution in [0.25, 0.3) is 0 Å². The standard InChI is InChI=1S/C10H20N2O2/c1-2-5-14-6-3-4-12-10(13)9-7-11-8-9/h9,11H,2-8H2,1H3,(H,12,13). The predicted molar refractivity (Wildman–Crippen MR) is 55.1 cm³/mol. The number of nitrogens with one attached hydrogen (secondary N) is 2. The average Bonchev–Trinajstić information content (AvgIpc) is 2.08. The van der Waals surface area contributed by atoms with Crippen LogP contribution >= 0.6 is 0 Å². The van der Waals surface area contributed by atoms with Crippen molar-refractivity contribution >= 4 is 5.91 Å². The maximum Gasteiger partial charge on any atom is 0.225 e. The van der Waals surface area contributed by atoms with E-state index in [-0.39, 0.29) is 11.8 Å². The molecule has 1 aliphatic rings. The summed E-state index contributed by atoms with van der Waals surface area (Å²) in [6, 6.07) is 0. The topological polar surface area (TPSA) is 50.4 Å². The SMILES string of the molecule is CCCOCCCNC(=O)C1CNC1. The van der Waals surface area contributed by atoms with Crippen LogP contribution in [0.4, 0.5) is 0 Å². The third kappa shape index (κ3) is 4.07. The predicted octanol–water partition coefficient (Wildman–Crippen LogP) is 0.139. The summed E-state index contributed by atoms with van der Waals surface area (Å²) < 4.78 is 5.30. The smallest absolute Gasteiger partial charge is 0.225 e. The summed E-state index contributed by atoms with van der Waals surface area (Å²) in [5, 5.41) is 5.98. The van der Waals surface area contributed by atoms with Crippen molar-refractivity contribution in [3.05, 3.63) is 0 Å². The Labute approximate surface area is 85.4 Å². The molecule has 0 spiro atoms. The molecule has 0 aliphatic carbocycles. The van der Waals surface area contributed by atoms with E-state index < -0.39 is 0 Å². The number of carbonyl (C=O) groups excluding carboxylic acids is 1. The lowest BCUT2D eigenvalue weighted by molar-refractivity contribution is -0.126. The fraction of sp³-hybridized carbons (Fsp3) is 0.900. The van der Waals surface area contributed by atoms with Crippen molar-refractivity contribution in [1.29, 1.82) is 0 Å². The van der Waals surface area contributed by atoms with Gasteiger partial charge >= 0.3 is 0 Å². The molecule has 2 N–H and O–H groups in total. The van der Waals surface area contributed by atoms with Gasteiger partial charge in [-0.15, -0.1) is 0 Å². The molecule has 14 heavy (non-hydrogen) atoms. The van der Waals surface area contributed by atoms with E-state index in [4.69, 9.17) is 4.74 Å². The van der Waals surface area contributed by atoms with E-state index in [0.717, 1.165) is 45.7 Å². The van der Waals surface area contributed by atoms with Crippen molar-refractivity contribution in [2.45, 2.75) is 19.8 Å². The number of hydrogen-bond acceptors (Lipinski definition) is 3. The van der Waals surface area contributed by atoms with Crippen LogP contribution in [0.1, 0.15) is 19.8 Å². The van der Waals surface area contributed by atoms with Crippen LogP contribution in [0.5, 0.6) is 0 Å². The first kappa shape index (κ1) is 11.5. The van der Waals surface area contributed by atoms with Gasteiger partial charge in [-0.2, -0.15) is 0 Å². The molecule has 4 nitrogen and oxygen atoms in total. The quantitative estimate of drug-likeness (QED) is 0.575. The zero-order valence-electron chi connectivity index (χ0n) is 8.84. The van der Waals surface area contributed by atoms with E-state index in [1.54, 1.807) is 0 Å². The van der Waals surface area contributed by atoms with E-state index in [0.29, 0.717) is 0 Å². The Bertz CT molecular complexity index is 170. The van der Waals surface area contributed by atoms with Gasteiger partial charge in [-0.05, 0) is 12.8 Å².